The Morgan fingerprint density at radius 3 is 2.83 bits per heavy atom. The summed E-state index contributed by atoms with van der Waals surface area (Å²) in [6.07, 6.45) is 8.97. The molecule has 0 spiro atoms. The second-order valence-electron chi connectivity index (χ2n) is 6.09. The van der Waals surface area contributed by atoms with Gasteiger partial charge in [0.05, 0.1) is 0 Å². The summed E-state index contributed by atoms with van der Waals surface area (Å²) in [6, 6.07) is 0. The molecule has 0 bridgehead atoms. The monoisotopic (exact) mass is 254 g/mol. The highest BCUT2D eigenvalue weighted by Gasteiger charge is 2.36. The third-order valence-corrected chi connectivity index (χ3v) is 5.12. The van der Waals surface area contributed by atoms with Crippen molar-refractivity contribution in [1.82, 2.24) is 4.90 Å². The minimum atomic E-state index is 0.235. The van der Waals surface area contributed by atoms with E-state index >= 15 is 0 Å². The molecule has 106 valence electrons. The Kier molecular flexibility index (Phi) is 5.46. The summed E-state index contributed by atoms with van der Waals surface area (Å²) in [5.41, 5.74) is 6.39. The molecule has 2 unspecified atom stereocenters. The number of ether oxygens (including phenoxy) is 1. The van der Waals surface area contributed by atoms with Gasteiger partial charge in [-0.1, -0.05) is 13.3 Å². The third-order valence-electron chi connectivity index (χ3n) is 5.12. The Balaban J connectivity index is 2.01. The molecular formula is C15H30N2O. The first-order valence-corrected chi connectivity index (χ1v) is 7.83. The molecule has 2 saturated heterocycles. The number of hydrogen-bond donors (Lipinski definition) is 1. The molecule has 0 saturated carbocycles. The molecule has 2 atom stereocenters. The van der Waals surface area contributed by atoms with Gasteiger partial charge in [-0.25, -0.2) is 0 Å². The van der Waals surface area contributed by atoms with Crippen LogP contribution in [0, 0.1) is 5.92 Å². The number of likely N-dealkylation sites (tertiary alicyclic amines) is 1. The van der Waals surface area contributed by atoms with Crippen LogP contribution in [0.1, 0.15) is 51.9 Å². The molecule has 0 aromatic heterocycles. The quantitative estimate of drug-likeness (QED) is 0.840. The van der Waals surface area contributed by atoms with E-state index in [1.165, 1.54) is 51.6 Å². The normalized spacial score (nSPS) is 36.0. The van der Waals surface area contributed by atoms with E-state index < -0.39 is 0 Å². The third kappa shape index (κ3) is 3.25. The molecule has 18 heavy (non-hydrogen) atoms. The zero-order valence-corrected chi connectivity index (χ0v) is 12.0. The zero-order valence-electron chi connectivity index (χ0n) is 12.0. The maximum absolute atomic E-state index is 6.16. The minimum Gasteiger partial charge on any atom is -0.381 e. The van der Waals surface area contributed by atoms with Gasteiger partial charge in [-0.15, -0.1) is 0 Å². The van der Waals surface area contributed by atoms with Crippen LogP contribution < -0.4 is 5.73 Å². The number of hydrogen-bond acceptors (Lipinski definition) is 3. The molecule has 0 aliphatic carbocycles. The van der Waals surface area contributed by atoms with Crippen LogP contribution >= 0.6 is 0 Å². The fraction of sp³-hybridized carbons (Fsp3) is 1.00. The Morgan fingerprint density at radius 1 is 1.17 bits per heavy atom. The molecule has 2 heterocycles. The molecule has 0 radical (unpaired) electrons. The van der Waals surface area contributed by atoms with E-state index in [0.717, 1.165) is 32.1 Å². The minimum absolute atomic E-state index is 0.235. The molecule has 2 fully saturated rings. The number of nitrogens with zero attached hydrogens (tertiary/aromatic N) is 1. The topological polar surface area (TPSA) is 38.5 Å². The summed E-state index contributed by atoms with van der Waals surface area (Å²) in [5.74, 6) is 0.937. The fourth-order valence-corrected chi connectivity index (χ4v) is 3.69. The first-order valence-electron chi connectivity index (χ1n) is 7.83. The van der Waals surface area contributed by atoms with Crippen LogP contribution in [0.2, 0.25) is 0 Å². The standard InChI is InChI=1S/C15H30N2O/c1-2-14-5-3-9-17(10-6-14)15(13-16)7-4-11-18-12-8-15/h14H,2-13,16H2,1H3. The van der Waals surface area contributed by atoms with Crippen molar-refractivity contribution in [2.75, 3.05) is 32.8 Å². The van der Waals surface area contributed by atoms with E-state index in [1.807, 2.05) is 0 Å². The summed E-state index contributed by atoms with van der Waals surface area (Å²) in [7, 11) is 0. The summed E-state index contributed by atoms with van der Waals surface area (Å²) in [4.78, 5) is 2.71. The highest BCUT2D eigenvalue weighted by Crippen LogP contribution is 2.31. The summed E-state index contributed by atoms with van der Waals surface area (Å²) in [6.45, 7) is 7.44. The second-order valence-corrected chi connectivity index (χ2v) is 6.09. The molecule has 2 aliphatic heterocycles. The number of rotatable bonds is 3. The van der Waals surface area contributed by atoms with E-state index in [2.05, 4.69) is 11.8 Å². The van der Waals surface area contributed by atoms with Crippen molar-refractivity contribution in [2.24, 2.45) is 11.7 Å². The lowest BCUT2D eigenvalue weighted by Crippen LogP contribution is -2.54. The van der Waals surface area contributed by atoms with Gasteiger partial charge in [-0.3, -0.25) is 4.90 Å². The van der Waals surface area contributed by atoms with Crippen molar-refractivity contribution in [2.45, 2.75) is 57.4 Å². The first kappa shape index (κ1) is 14.3. The van der Waals surface area contributed by atoms with E-state index in [-0.39, 0.29) is 5.54 Å². The Bertz CT molecular complexity index is 237. The highest BCUT2D eigenvalue weighted by atomic mass is 16.5. The molecular weight excluding hydrogens is 224 g/mol. The van der Waals surface area contributed by atoms with Gasteiger partial charge in [-0.2, -0.15) is 0 Å². The van der Waals surface area contributed by atoms with E-state index in [4.69, 9.17) is 10.5 Å². The van der Waals surface area contributed by atoms with Crippen molar-refractivity contribution in [3.63, 3.8) is 0 Å². The molecule has 0 amide bonds. The van der Waals surface area contributed by atoms with E-state index in [9.17, 15) is 0 Å². The van der Waals surface area contributed by atoms with Crippen molar-refractivity contribution < 1.29 is 4.74 Å². The zero-order chi connectivity index (χ0) is 12.8. The largest absolute Gasteiger partial charge is 0.381 e. The second kappa shape index (κ2) is 6.88. The predicted octanol–water partition coefficient (Wildman–Crippen LogP) is 2.40. The molecule has 3 nitrogen and oxygen atoms in total. The average Bonchev–Trinajstić information content (AvgIpc) is 2.79. The Labute approximate surface area is 112 Å². The highest BCUT2D eigenvalue weighted by molar-refractivity contribution is 4.94. The maximum atomic E-state index is 6.16. The Hall–Kier alpha value is -0.120. The van der Waals surface area contributed by atoms with Crippen LogP contribution in [0.25, 0.3) is 0 Å². The van der Waals surface area contributed by atoms with Crippen molar-refractivity contribution in [3.05, 3.63) is 0 Å². The SMILES string of the molecule is CCC1CCCN(C2(CN)CCCOCC2)CC1. The number of nitrogens with two attached hydrogens (primary N) is 1. The van der Waals surface area contributed by atoms with Gasteiger partial charge >= 0.3 is 0 Å². The van der Waals surface area contributed by atoms with Crippen LogP contribution in [0.5, 0.6) is 0 Å². The molecule has 2 aliphatic rings. The lowest BCUT2D eigenvalue weighted by atomic mass is 9.88. The molecule has 0 aromatic rings. The van der Waals surface area contributed by atoms with Gasteiger partial charge in [0, 0.05) is 25.3 Å². The summed E-state index contributed by atoms with van der Waals surface area (Å²) < 4.78 is 5.63. The average molecular weight is 254 g/mol. The molecule has 0 aromatic carbocycles. The molecule has 2 N–H and O–H groups in total. The van der Waals surface area contributed by atoms with Crippen LogP contribution in [-0.4, -0.2) is 43.3 Å². The van der Waals surface area contributed by atoms with Gasteiger partial charge in [-0.05, 0) is 57.5 Å². The van der Waals surface area contributed by atoms with E-state index in [1.54, 1.807) is 0 Å². The maximum Gasteiger partial charge on any atom is 0.0484 e. The van der Waals surface area contributed by atoms with Gasteiger partial charge < -0.3 is 10.5 Å². The van der Waals surface area contributed by atoms with Crippen LogP contribution in [0.4, 0.5) is 0 Å². The lowest BCUT2D eigenvalue weighted by Gasteiger charge is -2.42. The lowest BCUT2D eigenvalue weighted by molar-refractivity contribution is 0.0689. The predicted molar refractivity (Wildman–Crippen MR) is 75.7 cm³/mol. The molecule has 3 heteroatoms. The smallest absolute Gasteiger partial charge is 0.0484 e. The van der Waals surface area contributed by atoms with Crippen molar-refractivity contribution in [1.29, 1.82) is 0 Å². The van der Waals surface area contributed by atoms with Gasteiger partial charge in [0.1, 0.15) is 0 Å². The van der Waals surface area contributed by atoms with Crippen LogP contribution in [0.15, 0.2) is 0 Å². The molecule has 2 rings (SSSR count). The van der Waals surface area contributed by atoms with Gasteiger partial charge in [0.25, 0.3) is 0 Å². The van der Waals surface area contributed by atoms with Crippen molar-refractivity contribution >= 4 is 0 Å². The van der Waals surface area contributed by atoms with E-state index in [0.29, 0.717) is 0 Å². The fourth-order valence-electron chi connectivity index (χ4n) is 3.69. The summed E-state index contributed by atoms with van der Waals surface area (Å²) >= 11 is 0. The summed E-state index contributed by atoms with van der Waals surface area (Å²) in [5, 5.41) is 0. The Morgan fingerprint density at radius 2 is 2.06 bits per heavy atom. The van der Waals surface area contributed by atoms with Crippen LogP contribution in [0.3, 0.4) is 0 Å². The van der Waals surface area contributed by atoms with Gasteiger partial charge in [0.2, 0.25) is 0 Å². The first-order chi connectivity index (χ1) is 8.80. The van der Waals surface area contributed by atoms with Crippen molar-refractivity contribution in [3.8, 4) is 0 Å². The van der Waals surface area contributed by atoms with Gasteiger partial charge in [0.15, 0.2) is 0 Å². The van der Waals surface area contributed by atoms with Crippen LogP contribution in [-0.2, 0) is 4.74 Å².